The average molecular weight is 393 g/mol. The zero-order chi connectivity index (χ0) is 17.1. The Bertz CT molecular complexity index is 891. The molecule has 2 aromatic heterocycles. The molecule has 0 atom stereocenters. The van der Waals surface area contributed by atoms with Crippen LogP contribution in [0.1, 0.15) is 18.1 Å². The van der Waals surface area contributed by atoms with E-state index in [1.54, 1.807) is 20.2 Å². The molecule has 0 fully saturated rings. The van der Waals surface area contributed by atoms with Crippen LogP contribution in [0.5, 0.6) is 5.88 Å². The molecule has 0 aliphatic rings. The second-order valence-electron chi connectivity index (χ2n) is 5.15. The Balaban J connectivity index is 2.25. The van der Waals surface area contributed by atoms with Crippen LogP contribution < -0.4 is 4.74 Å². The molecule has 0 bridgehead atoms. The van der Waals surface area contributed by atoms with Gasteiger partial charge >= 0.3 is 6.16 Å². The van der Waals surface area contributed by atoms with Gasteiger partial charge in [0.2, 0.25) is 5.88 Å². The van der Waals surface area contributed by atoms with Crippen molar-refractivity contribution in [3.05, 3.63) is 35.5 Å². The maximum absolute atomic E-state index is 11.7. The highest BCUT2D eigenvalue weighted by atomic mass is 79.9. The second-order valence-corrected chi connectivity index (χ2v) is 5.71. The number of benzene rings is 1. The molecule has 6 nitrogen and oxygen atoms in total. The zero-order valence-electron chi connectivity index (χ0n) is 13.4. The third-order valence-corrected chi connectivity index (χ3v) is 4.29. The minimum Gasteiger partial charge on any atom is -0.434 e. The first-order chi connectivity index (χ1) is 11.7. The fourth-order valence-electron chi connectivity index (χ4n) is 2.76. The molecule has 3 rings (SSSR count). The van der Waals surface area contributed by atoms with E-state index in [9.17, 15) is 4.79 Å². The molecule has 3 aromatic rings. The summed E-state index contributed by atoms with van der Waals surface area (Å²) in [6, 6.07) is 6.05. The van der Waals surface area contributed by atoms with E-state index in [2.05, 4.69) is 25.9 Å². The molecule has 1 N–H and O–H groups in total. The van der Waals surface area contributed by atoms with E-state index < -0.39 is 6.16 Å². The molecule has 0 spiro atoms. The summed E-state index contributed by atoms with van der Waals surface area (Å²) in [5.74, 6) is 0.202. The molecule has 2 heterocycles. The first-order valence-electron chi connectivity index (χ1n) is 7.50. The second kappa shape index (κ2) is 7.19. The fraction of sp³-hybridized carbons (Fsp3) is 0.294. The van der Waals surface area contributed by atoms with Gasteiger partial charge in [0.1, 0.15) is 0 Å². The van der Waals surface area contributed by atoms with Crippen molar-refractivity contribution in [3.63, 3.8) is 0 Å². The van der Waals surface area contributed by atoms with Gasteiger partial charge in [0, 0.05) is 28.7 Å². The van der Waals surface area contributed by atoms with Crippen molar-refractivity contribution >= 4 is 43.9 Å². The number of aromatic amines is 1. The number of pyridine rings is 1. The maximum Gasteiger partial charge on any atom is 0.515 e. The van der Waals surface area contributed by atoms with Gasteiger partial charge in [-0.15, -0.1) is 0 Å². The molecular weight excluding hydrogens is 376 g/mol. The Morgan fingerprint density at radius 1 is 1.29 bits per heavy atom. The number of halogens is 1. The van der Waals surface area contributed by atoms with Crippen LogP contribution >= 0.6 is 15.9 Å². The number of nitrogens with one attached hydrogen (secondary N) is 1. The van der Waals surface area contributed by atoms with Crippen LogP contribution in [0.3, 0.4) is 0 Å². The number of methoxy groups -OCH3 is 1. The summed E-state index contributed by atoms with van der Waals surface area (Å²) in [7, 11) is 1.59. The lowest BCUT2D eigenvalue weighted by atomic mass is 10.0. The fourth-order valence-corrected chi connectivity index (χ4v) is 3.23. The Hall–Kier alpha value is -2.12. The Morgan fingerprint density at radius 3 is 2.83 bits per heavy atom. The van der Waals surface area contributed by atoms with E-state index >= 15 is 0 Å². The number of H-pyrrole nitrogens is 1. The van der Waals surface area contributed by atoms with E-state index in [1.165, 1.54) is 0 Å². The van der Waals surface area contributed by atoms with Crippen LogP contribution in [0.15, 0.2) is 24.4 Å². The highest BCUT2D eigenvalue weighted by molar-refractivity contribution is 9.08. The van der Waals surface area contributed by atoms with E-state index in [0.29, 0.717) is 10.9 Å². The van der Waals surface area contributed by atoms with Crippen molar-refractivity contribution in [1.29, 1.82) is 0 Å². The molecule has 1 aromatic carbocycles. The lowest BCUT2D eigenvalue weighted by molar-refractivity contribution is 0.101. The molecule has 0 aliphatic heterocycles. The summed E-state index contributed by atoms with van der Waals surface area (Å²) < 4.78 is 15.4. The normalized spacial score (nSPS) is 11.1. The zero-order valence-corrected chi connectivity index (χ0v) is 15.0. The summed E-state index contributed by atoms with van der Waals surface area (Å²) in [5.41, 5.74) is 3.70. The van der Waals surface area contributed by atoms with Crippen molar-refractivity contribution in [2.24, 2.45) is 0 Å². The van der Waals surface area contributed by atoms with Gasteiger partial charge in [-0.1, -0.05) is 28.1 Å². The predicted molar refractivity (Wildman–Crippen MR) is 94.6 cm³/mol. The topological polar surface area (TPSA) is 73.4 Å². The van der Waals surface area contributed by atoms with Gasteiger partial charge in [0.15, 0.2) is 0 Å². The number of aromatic nitrogens is 2. The highest BCUT2D eigenvalue weighted by Gasteiger charge is 2.19. The summed E-state index contributed by atoms with van der Waals surface area (Å²) in [4.78, 5) is 19.3. The molecule has 0 unspecified atom stereocenters. The SMILES string of the molecule is CCOC(=O)Oc1ncc2[nH]c3cccc(CBr)c3c2c1COC. The van der Waals surface area contributed by atoms with E-state index in [-0.39, 0.29) is 19.1 Å². The Morgan fingerprint density at radius 2 is 2.12 bits per heavy atom. The average Bonchev–Trinajstić information content (AvgIpc) is 2.96. The van der Waals surface area contributed by atoms with Crippen LogP contribution in [-0.4, -0.2) is 29.8 Å². The monoisotopic (exact) mass is 392 g/mol. The number of ether oxygens (including phenoxy) is 3. The maximum atomic E-state index is 11.7. The van der Waals surface area contributed by atoms with E-state index in [0.717, 1.165) is 27.4 Å². The number of hydrogen-bond donors (Lipinski definition) is 1. The van der Waals surface area contributed by atoms with Crippen molar-refractivity contribution in [2.45, 2.75) is 18.9 Å². The van der Waals surface area contributed by atoms with Crippen molar-refractivity contribution in [2.75, 3.05) is 13.7 Å². The number of rotatable bonds is 5. The highest BCUT2D eigenvalue weighted by Crippen LogP contribution is 2.35. The number of carbonyl (C=O) groups is 1. The lowest BCUT2D eigenvalue weighted by Crippen LogP contribution is -2.12. The lowest BCUT2D eigenvalue weighted by Gasteiger charge is -2.10. The molecule has 0 aliphatic carbocycles. The predicted octanol–water partition coefficient (Wildman–Crippen LogP) is 4.29. The molecule has 7 heteroatoms. The van der Waals surface area contributed by atoms with Crippen LogP contribution in [0.25, 0.3) is 21.8 Å². The summed E-state index contributed by atoms with van der Waals surface area (Å²) >= 11 is 3.53. The Labute approximate surface area is 147 Å². The largest absolute Gasteiger partial charge is 0.515 e. The van der Waals surface area contributed by atoms with Gasteiger partial charge in [-0.05, 0) is 18.6 Å². The Kier molecular flexibility index (Phi) is 5.01. The molecule has 0 saturated carbocycles. The summed E-state index contributed by atoms with van der Waals surface area (Å²) in [6.45, 7) is 2.22. The molecule has 24 heavy (non-hydrogen) atoms. The van der Waals surface area contributed by atoms with Gasteiger partial charge in [0.05, 0.1) is 30.5 Å². The number of alkyl halides is 1. The number of carbonyl (C=O) groups excluding carboxylic acids is 1. The van der Waals surface area contributed by atoms with Crippen molar-refractivity contribution in [3.8, 4) is 5.88 Å². The van der Waals surface area contributed by atoms with Gasteiger partial charge in [0.25, 0.3) is 0 Å². The third kappa shape index (κ3) is 2.97. The quantitative estimate of drug-likeness (QED) is 0.517. The number of nitrogens with zero attached hydrogens (tertiary/aromatic N) is 1. The summed E-state index contributed by atoms with van der Waals surface area (Å²) in [5, 5.41) is 2.71. The summed E-state index contributed by atoms with van der Waals surface area (Å²) in [6.07, 6.45) is 0.878. The first-order valence-corrected chi connectivity index (χ1v) is 8.62. The van der Waals surface area contributed by atoms with Gasteiger partial charge < -0.3 is 19.2 Å². The van der Waals surface area contributed by atoms with Gasteiger partial charge in [-0.2, -0.15) is 0 Å². The third-order valence-electron chi connectivity index (χ3n) is 3.69. The van der Waals surface area contributed by atoms with Crippen molar-refractivity contribution in [1.82, 2.24) is 9.97 Å². The van der Waals surface area contributed by atoms with Crippen LogP contribution in [0.2, 0.25) is 0 Å². The first kappa shape index (κ1) is 16.7. The molecule has 0 amide bonds. The number of hydrogen-bond acceptors (Lipinski definition) is 5. The van der Waals surface area contributed by atoms with Gasteiger partial charge in [-0.25, -0.2) is 9.78 Å². The molecule has 126 valence electrons. The van der Waals surface area contributed by atoms with Crippen LogP contribution in [0, 0.1) is 0 Å². The molecule has 0 saturated heterocycles. The molecule has 0 radical (unpaired) electrons. The smallest absolute Gasteiger partial charge is 0.434 e. The van der Waals surface area contributed by atoms with Crippen LogP contribution in [0.4, 0.5) is 4.79 Å². The number of fused-ring (bicyclic) bond motifs is 3. The van der Waals surface area contributed by atoms with Gasteiger partial charge in [-0.3, -0.25) is 0 Å². The van der Waals surface area contributed by atoms with E-state index in [4.69, 9.17) is 14.2 Å². The van der Waals surface area contributed by atoms with Crippen LogP contribution in [-0.2, 0) is 21.4 Å². The molecular formula is C17H17BrN2O4. The minimum atomic E-state index is -0.776. The van der Waals surface area contributed by atoms with Crippen molar-refractivity contribution < 1.29 is 19.0 Å². The standard InChI is InChI=1S/C17H17BrN2O4/c1-3-23-17(21)24-16-11(9-22-2)15-13(8-19-16)20-12-6-4-5-10(7-18)14(12)15/h4-6,8,20H,3,7,9H2,1-2H3. The van der Waals surface area contributed by atoms with E-state index in [1.807, 2.05) is 18.2 Å². The minimum absolute atomic E-state index is 0.202.